The minimum atomic E-state index is -0.485. The molecule has 9 heteroatoms. The number of amides is 3. The first-order chi connectivity index (χ1) is 13.4. The second kappa shape index (κ2) is 9.20. The predicted molar refractivity (Wildman–Crippen MR) is 111 cm³/mol. The van der Waals surface area contributed by atoms with E-state index in [-0.39, 0.29) is 17.4 Å². The van der Waals surface area contributed by atoms with Gasteiger partial charge in [0.25, 0.3) is 11.1 Å². The highest BCUT2D eigenvalue weighted by molar-refractivity contribution is 8.18. The number of hydrogen-bond donors (Lipinski definition) is 0. The van der Waals surface area contributed by atoms with Gasteiger partial charge in [-0.15, -0.1) is 0 Å². The van der Waals surface area contributed by atoms with Gasteiger partial charge >= 0.3 is 0 Å². The van der Waals surface area contributed by atoms with Gasteiger partial charge in [0, 0.05) is 13.1 Å². The molecule has 2 aliphatic rings. The summed E-state index contributed by atoms with van der Waals surface area (Å²) in [5.74, 6) is -0.334. The fraction of sp³-hybridized carbons (Fsp3) is 0.421. The maximum Gasteiger partial charge on any atom is 0.294 e. The highest BCUT2D eigenvalue weighted by Crippen LogP contribution is 2.37. The molecular formula is C19H20Cl2N2O4S. The average Bonchev–Trinajstić information content (AvgIpc) is 2.86. The maximum atomic E-state index is 12.7. The summed E-state index contributed by atoms with van der Waals surface area (Å²) in [6.07, 6.45) is 5.64. The van der Waals surface area contributed by atoms with E-state index in [2.05, 4.69) is 0 Å². The van der Waals surface area contributed by atoms with Crippen molar-refractivity contribution in [3.8, 4) is 5.75 Å². The van der Waals surface area contributed by atoms with Crippen molar-refractivity contribution >= 4 is 58.1 Å². The minimum absolute atomic E-state index is 0.194. The zero-order chi connectivity index (χ0) is 20.3. The fourth-order valence-corrected chi connectivity index (χ4v) is 4.70. The fourth-order valence-electron chi connectivity index (χ4n) is 3.20. The molecule has 2 saturated heterocycles. The lowest BCUT2D eigenvalue weighted by Gasteiger charge is -2.22. The van der Waals surface area contributed by atoms with Gasteiger partial charge in [0.2, 0.25) is 5.91 Å². The molecule has 0 aromatic heterocycles. The Balaban J connectivity index is 1.74. The number of ether oxygens (including phenoxy) is 1. The molecule has 1 aromatic rings. The molecular weight excluding hydrogens is 423 g/mol. The number of methoxy groups -OCH3 is 1. The van der Waals surface area contributed by atoms with E-state index >= 15 is 0 Å². The molecule has 0 N–H and O–H groups in total. The summed E-state index contributed by atoms with van der Waals surface area (Å²) in [7, 11) is 1.46. The topological polar surface area (TPSA) is 66.9 Å². The number of benzene rings is 1. The van der Waals surface area contributed by atoms with Crippen molar-refractivity contribution in [3.63, 3.8) is 0 Å². The first-order valence-electron chi connectivity index (χ1n) is 8.97. The normalized spacial score (nSPS) is 19.3. The Hall–Kier alpha value is -1.70. The molecule has 0 saturated carbocycles. The van der Waals surface area contributed by atoms with Crippen LogP contribution in [0.3, 0.4) is 0 Å². The standard InChI is InChI=1S/C19H20Cl2N2O4S/c1-27-17-13(20)8-12(9-14(17)21)10-15-18(25)23(19(26)28-15)11-16(24)22-6-4-2-3-5-7-22/h8-10H,2-7,11H2,1H3. The van der Waals surface area contributed by atoms with Gasteiger partial charge in [-0.05, 0) is 48.4 Å². The van der Waals surface area contributed by atoms with Gasteiger partial charge in [0.05, 0.1) is 22.1 Å². The van der Waals surface area contributed by atoms with Crippen molar-refractivity contribution in [2.75, 3.05) is 26.7 Å². The van der Waals surface area contributed by atoms with E-state index in [1.54, 1.807) is 23.1 Å². The molecule has 0 unspecified atom stereocenters. The lowest BCUT2D eigenvalue weighted by atomic mass is 10.2. The van der Waals surface area contributed by atoms with Gasteiger partial charge in [-0.2, -0.15) is 0 Å². The Morgan fingerprint density at radius 2 is 1.75 bits per heavy atom. The van der Waals surface area contributed by atoms with Gasteiger partial charge in [-0.1, -0.05) is 36.0 Å². The summed E-state index contributed by atoms with van der Waals surface area (Å²) in [5.41, 5.74) is 0.570. The van der Waals surface area contributed by atoms with Gasteiger partial charge in [0.1, 0.15) is 6.54 Å². The second-order valence-corrected chi connectivity index (χ2v) is 8.39. The van der Waals surface area contributed by atoms with Crippen LogP contribution in [0.1, 0.15) is 31.2 Å². The van der Waals surface area contributed by atoms with E-state index < -0.39 is 11.1 Å². The van der Waals surface area contributed by atoms with Crippen molar-refractivity contribution in [2.45, 2.75) is 25.7 Å². The number of carbonyl (C=O) groups excluding carboxylic acids is 3. The largest absolute Gasteiger partial charge is 0.494 e. The quantitative estimate of drug-likeness (QED) is 0.644. The van der Waals surface area contributed by atoms with Crippen LogP contribution in [0.15, 0.2) is 17.0 Å². The van der Waals surface area contributed by atoms with Gasteiger partial charge in [0.15, 0.2) is 5.75 Å². The molecule has 2 fully saturated rings. The second-order valence-electron chi connectivity index (χ2n) is 6.58. The number of hydrogen-bond acceptors (Lipinski definition) is 5. The van der Waals surface area contributed by atoms with E-state index in [4.69, 9.17) is 27.9 Å². The zero-order valence-electron chi connectivity index (χ0n) is 15.4. The summed E-state index contributed by atoms with van der Waals surface area (Å²) < 4.78 is 5.11. The molecule has 3 amide bonds. The number of likely N-dealkylation sites (tertiary alicyclic amines) is 1. The zero-order valence-corrected chi connectivity index (χ0v) is 17.7. The molecule has 0 atom stereocenters. The van der Waals surface area contributed by atoms with Crippen LogP contribution >= 0.6 is 35.0 Å². The number of carbonyl (C=O) groups is 3. The van der Waals surface area contributed by atoms with E-state index in [0.29, 0.717) is 34.4 Å². The monoisotopic (exact) mass is 442 g/mol. The minimum Gasteiger partial charge on any atom is -0.494 e. The molecule has 0 bridgehead atoms. The summed E-state index contributed by atoms with van der Waals surface area (Å²) >= 11 is 13.0. The molecule has 150 valence electrons. The van der Waals surface area contributed by atoms with E-state index in [1.807, 2.05) is 0 Å². The molecule has 28 heavy (non-hydrogen) atoms. The molecule has 3 rings (SSSR count). The maximum absolute atomic E-state index is 12.7. The van der Waals surface area contributed by atoms with Crippen LogP contribution in [0.4, 0.5) is 4.79 Å². The number of nitrogens with zero attached hydrogens (tertiary/aromatic N) is 2. The highest BCUT2D eigenvalue weighted by atomic mass is 35.5. The Bertz CT molecular complexity index is 812. The van der Waals surface area contributed by atoms with Crippen LogP contribution < -0.4 is 4.74 Å². The predicted octanol–water partition coefficient (Wildman–Crippen LogP) is 4.44. The molecule has 6 nitrogen and oxygen atoms in total. The Morgan fingerprint density at radius 3 is 2.32 bits per heavy atom. The van der Waals surface area contributed by atoms with Crippen molar-refractivity contribution in [1.82, 2.24) is 9.80 Å². The SMILES string of the molecule is COc1c(Cl)cc(C=C2SC(=O)N(CC(=O)N3CCCCCC3)C2=O)cc1Cl. The molecule has 0 spiro atoms. The number of thioether (sulfide) groups is 1. The Morgan fingerprint density at radius 1 is 1.14 bits per heavy atom. The van der Waals surface area contributed by atoms with Crippen molar-refractivity contribution in [3.05, 3.63) is 32.6 Å². The third-order valence-electron chi connectivity index (χ3n) is 4.65. The number of rotatable bonds is 4. The van der Waals surface area contributed by atoms with Gasteiger partial charge in [-0.3, -0.25) is 19.3 Å². The molecule has 0 aliphatic carbocycles. The molecule has 0 radical (unpaired) electrons. The smallest absolute Gasteiger partial charge is 0.294 e. The summed E-state index contributed by atoms with van der Waals surface area (Å²) in [6, 6.07) is 3.20. The first kappa shape index (κ1) is 21.0. The van der Waals surface area contributed by atoms with Crippen molar-refractivity contribution in [2.24, 2.45) is 0 Å². The van der Waals surface area contributed by atoms with Crippen LogP contribution in [0, 0.1) is 0 Å². The van der Waals surface area contributed by atoms with Crippen LogP contribution in [0.5, 0.6) is 5.75 Å². The van der Waals surface area contributed by atoms with Gasteiger partial charge in [-0.25, -0.2) is 0 Å². The van der Waals surface area contributed by atoms with Crippen LogP contribution in [0.2, 0.25) is 10.0 Å². The van der Waals surface area contributed by atoms with Crippen LogP contribution in [-0.2, 0) is 9.59 Å². The van der Waals surface area contributed by atoms with Crippen LogP contribution in [-0.4, -0.2) is 53.6 Å². The van der Waals surface area contributed by atoms with Crippen molar-refractivity contribution < 1.29 is 19.1 Å². The lowest BCUT2D eigenvalue weighted by Crippen LogP contribution is -2.42. The first-order valence-corrected chi connectivity index (χ1v) is 10.5. The Labute approximate surface area is 177 Å². The summed E-state index contributed by atoms with van der Waals surface area (Å²) in [6.45, 7) is 1.12. The van der Waals surface area contributed by atoms with Crippen LogP contribution in [0.25, 0.3) is 6.08 Å². The average molecular weight is 443 g/mol. The van der Waals surface area contributed by atoms with Crippen molar-refractivity contribution in [1.29, 1.82) is 0 Å². The molecule has 1 aromatic carbocycles. The number of imide groups is 1. The Kier molecular flexibility index (Phi) is 6.91. The van der Waals surface area contributed by atoms with Gasteiger partial charge < -0.3 is 9.64 Å². The third kappa shape index (κ3) is 4.64. The molecule has 2 heterocycles. The summed E-state index contributed by atoms with van der Waals surface area (Å²) in [4.78, 5) is 40.4. The number of halogens is 2. The van der Waals surface area contributed by atoms with E-state index in [0.717, 1.165) is 42.3 Å². The molecule has 2 aliphatic heterocycles. The third-order valence-corrected chi connectivity index (χ3v) is 6.12. The lowest BCUT2D eigenvalue weighted by molar-refractivity contribution is -0.135. The highest BCUT2D eigenvalue weighted by Gasteiger charge is 2.37. The summed E-state index contributed by atoms with van der Waals surface area (Å²) in [5, 5.41) is 0.152. The van der Waals surface area contributed by atoms with E-state index in [9.17, 15) is 14.4 Å². The van der Waals surface area contributed by atoms with E-state index in [1.165, 1.54) is 7.11 Å².